The molecule has 2 aliphatic carbocycles. The van der Waals surface area contributed by atoms with Gasteiger partial charge in [-0.2, -0.15) is 0 Å². The van der Waals surface area contributed by atoms with Gasteiger partial charge in [0.15, 0.2) is 0 Å². The lowest BCUT2D eigenvalue weighted by molar-refractivity contribution is -0.147. The highest BCUT2D eigenvalue weighted by Crippen LogP contribution is 2.38. The lowest BCUT2D eigenvalue weighted by Crippen LogP contribution is -2.55. The van der Waals surface area contributed by atoms with E-state index in [4.69, 9.17) is 4.74 Å². The number of carbonyl (C=O) groups is 1. The van der Waals surface area contributed by atoms with E-state index in [-0.39, 0.29) is 5.92 Å². The fourth-order valence-corrected chi connectivity index (χ4v) is 4.27. The summed E-state index contributed by atoms with van der Waals surface area (Å²) in [4.78, 5) is 11.7. The third-order valence-corrected chi connectivity index (χ3v) is 5.53. The van der Waals surface area contributed by atoms with Crippen molar-refractivity contribution in [1.29, 1.82) is 0 Å². The SMILES string of the molecule is CCNC1(C(=O)O)CCCC1CCOC1CCCCC1C. The maximum Gasteiger partial charge on any atom is 0.324 e. The molecule has 4 nitrogen and oxygen atoms in total. The molecule has 0 aromatic rings. The van der Waals surface area contributed by atoms with Gasteiger partial charge in [-0.25, -0.2) is 0 Å². The van der Waals surface area contributed by atoms with Crippen molar-refractivity contribution in [3.63, 3.8) is 0 Å². The van der Waals surface area contributed by atoms with Gasteiger partial charge in [0.1, 0.15) is 5.54 Å². The van der Waals surface area contributed by atoms with Crippen LogP contribution in [0.3, 0.4) is 0 Å². The van der Waals surface area contributed by atoms with Gasteiger partial charge in [0.2, 0.25) is 0 Å². The smallest absolute Gasteiger partial charge is 0.324 e. The molecule has 0 aromatic heterocycles. The zero-order valence-electron chi connectivity index (χ0n) is 13.6. The topological polar surface area (TPSA) is 58.6 Å². The van der Waals surface area contributed by atoms with Crippen LogP contribution >= 0.6 is 0 Å². The quantitative estimate of drug-likeness (QED) is 0.757. The Labute approximate surface area is 128 Å². The van der Waals surface area contributed by atoms with Crippen molar-refractivity contribution in [2.45, 2.75) is 76.9 Å². The van der Waals surface area contributed by atoms with E-state index in [1.807, 2.05) is 6.92 Å². The van der Waals surface area contributed by atoms with Crippen LogP contribution in [0.25, 0.3) is 0 Å². The van der Waals surface area contributed by atoms with Crippen molar-refractivity contribution in [2.75, 3.05) is 13.2 Å². The molecular weight excluding hydrogens is 266 g/mol. The molecule has 0 aromatic carbocycles. The van der Waals surface area contributed by atoms with Crippen molar-refractivity contribution < 1.29 is 14.6 Å². The summed E-state index contributed by atoms with van der Waals surface area (Å²) < 4.78 is 6.09. The Bertz CT molecular complexity index is 347. The lowest BCUT2D eigenvalue weighted by atomic mass is 9.84. The first kappa shape index (κ1) is 16.8. The summed E-state index contributed by atoms with van der Waals surface area (Å²) in [5.74, 6) is 0.173. The molecule has 2 N–H and O–H groups in total. The minimum atomic E-state index is -0.712. The van der Waals surface area contributed by atoms with Gasteiger partial charge in [-0.05, 0) is 50.5 Å². The summed E-state index contributed by atoms with van der Waals surface area (Å²) in [5.41, 5.74) is -0.712. The van der Waals surface area contributed by atoms with Crippen LogP contribution in [0.15, 0.2) is 0 Å². The number of hydrogen-bond donors (Lipinski definition) is 2. The van der Waals surface area contributed by atoms with Gasteiger partial charge in [-0.15, -0.1) is 0 Å². The highest BCUT2D eigenvalue weighted by Gasteiger charge is 2.48. The van der Waals surface area contributed by atoms with Gasteiger partial charge < -0.3 is 15.2 Å². The maximum absolute atomic E-state index is 11.7. The van der Waals surface area contributed by atoms with Crippen LogP contribution in [0.1, 0.15) is 65.2 Å². The zero-order chi connectivity index (χ0) is 15.3. The molecule has 0 heterocycles. The van der Waals surface area contributed by atoms with E-state index in [9.17, 15) is 9.90 Å². The number of likely N-dealkylation sites (N-methyl/N-ethyl adjacent to an activating group) is 1. The Kier molecular flexibility index (Phi) is 6.06. The van der Waals surface area contributed by atoms with E-state index >= 15 is 0 Å². The summed E-state index contributed by atoms with van der Waals surface area (Å²) in [5, 5.41) is 12.9. The molecule has 2 rings (SSSR count). The molecule has 0 amide bonds. The van der Waals surface area contributed by atoms with Crippen molar-refractivity contribution in [3.05, 3.63) is 0 Å². The first-order chi connectivity index (χ1) is 10.1. The second-order valence-corrected chi connectivity index (χ2v) is 6.86. The third kappa shape index (κ3) is 3.78. The second-order valence-electron chi connectivity index (χ2n) is 6.86. The molecule has 2 fully saturated rings. The summed E-state index contributed by atoms with van der Waals surface area (Å²) in [6.45, 7) is 5.68. The van der Waals surface area contributed by atoms with Gasteiger partial charge in [0.05, 0.1) is 6.10 Å². The Hall–Kier alpha value is -0.610. The molecule has 2 aliphatic rings. The predicted octanol–water partition coefficient (Wildman–Crippen LogP) is 3.20. The second kappa shape index (κ2) is 7.59. The normalized spacial score (nSPS) is 36.8. The average Bonchev–Trinajstić information content (AvgIpc) is 2.86. The summed E-state index contributed by atoms with van der Waals surface area (Å²) in [6, 6.07) is 0. The van der Waals surface area contributed by atoms with Gasteiger partial charge in [-0.1, -0.05) is 33.1 Å². The van der Waals surface area contributed by atoms with Crippen molar-refractivity contribution in [2.24, 2.45) is 11.8 Å². The molecule has 0 radical (unpaired) electrons. The van der Waals surface area contributed by atoms with Crippen LogP contribution in [0.2, 0.25) is 0 Å². The minimum Gasteiger partial charge on any atom is -0.480 e. The highest BCUT2D eigenvalue weighted by atomic mass is 16.5. The molecule has 21 heavy (non-hydrogen) atoms. The number of rotatable bonds is 7. The minimum absolute atomic E-state index is 0.203. The van der Waals surface area contributed by atoms with Gasteiger partial charge in [0, 0.05) is 6.61 Å². The van der Waals surface area contributed by atoms with Gasteiger partial charge in [0.25, 0.3) is 0 Å². The Morgan fingerprint density at radius 3 is 2.71 bits per heavy atom. The predicted molar refractivity (Wildman–Crippen MR) is 83.4 cm³/mol. The number of ether oxygens (including phenoxy) is 1. The summed E-state index contributed by atoms with van der Waals surface area (Å²) in [6.07, 6.45) is 9.04. The standard InChI is InChI=1S/C17H31NO3/c1-3-18-17(16(19)20)11-6-8-14(17)10-12-21-15-9-5-4-7-13(15)2/h13-15,18H,3-12H2,1-2H3,(H,19,20). The molecule has 4 heteroatoms. The van der Waals surface area contributed by atoms with Crippen LogP contribution in [-0.2, 0) is 9.53 Å². The molecule has 122 valence electrons. The highest BCUT2D eigenvalue weighted by molar-refractivity contribution is 5.79. The van der Waals surface area contributed by atoms with Crippen LogP contribution in [-0.4, -0.2) is 35.9 Å². The summed E-state index contributed by atoms with van der Waals surface area (Å²) in [7, 11) is 0. The molecule has 0 saturated heterocycles. The Balaban J connectivity index is 1.84. The first-order valence-corrected chi connectivity index (χ1v) is 8.70. The molecule has 0 aliphatic heterocycles. The van der Waals surface area contributed by atoms with Crippen molar-refractivity contribution in [1.82, 2.24) is 5.32 Å². The molecular formula is C17H31NO3. The van der Waals surface area contributed by atoms with E-state index in [0.29, 0.717) is 25.2 Å². The monoisotopic (exact) mass is 297 g/mol. The van der Waals surface area contributed by atoms with Crippen LogP contribution in [0.5, 0.6) is 0 Å². The van der Waals surface area contributed by atoms with Crippen LogP contribution in [0.4, 0.5) is 0 Å². The number of hydrogen-bond acceptors (Lipinski definition) is 3. The van der Waals surface area contributed by atoms with E-state index in [0.717, 1.165) is 25.7 Å². The summed E-state index contributed by atoms with van der Waals surface area (Å²) >= 11 is 0. The van der Waals surface area contributed by atoms with E-state index in [1.165, 1.54) is 25.7 Å². The number of carboxylic acids is 1. The van der Waals surface area contributed by atoms with E-state index in [2.05, 4.69) is 12.2 Å². The fraction of sp³-hybridized carbons (Fsp3) is 0.941. The van der Waals surface area contributed by atoms with Crippen LogP contribution in [0, 0.1) is 11.8 Å². The molecule has 0 bridgehead atoms. The van der Waals surface area contributed by atoms with E-state index in [1.54, 1.807) is 0 Å². The molecule has 0 spiro atoms. The lowest BCUT2D eigenvalue weighted by Gasteiger charge is -2.33. The molecule has 2 saturated carbocycles. The fourth-order valence-electron chi connectivity index (χ4n) is 4.27. The van der Waals surface area contributed by atoms with Crippen LogP contribution < -0.4 is 5.32 Å². The average molecular weight is 297 g/mol. The molecule has 4 unspecified atom stereocenters. The molecule has 4 atom stereocenters. The Morgan fingerprint density at radius 1 is 1.29 bits per heavy atom. The first-order valence-electron chi connectivity index (χ1n) is 8.70. The largest absolute Gasteiger partial charge is 0.480 e. The third-order valence-electron chi connectivity index (χ3n) is 5.53. The number of carboxylic acid groups (broad SMARTS) is 1. The van der Waals surface area contributed by atoms with Crippen molar-refractivity contribution in [3.8, 4) is 0 Å². The maximum atomic E-state index is 11.7. The Morgan fingerprint density at radius 2 is 2.05 bits per heavy atom. The number of nitrogens with one attached hydrogen (secondary N) is 1. The van der Waals surface area contributed by atoms with E-state index < -0.39 is 11.5 Å². The van der Waals surface area contributed by atoms with Crippen molar-refractivity contribution >= 4 is 5.97 Å². The van der Waals surface area contributed by atoms with Gasteiger partial charge >= 0.3 is 5.97 Å². The number of aliphatic carboxylic acids is 1. The zero-order valence-corrected chi connectivity index (χ0v) is 13.6. The van der Waals surface area contributed by atoms with Gasteiger partial charge in [-0.3, -0.25) is 4.79 Å².